The normalized spacial score (nSPS) is 27.2. The van der Waals surface area contributed by atoms with Crippen LogP contribution < -0.4 is 5.32 Å². The van der Waals surface area contributed by atoms with Crippen LogP contribution in [0.3, 0.4) is 0 Å². The van der Waals surface area contributed by atoms with Crippen molar-refractivity contribution in [3.63, 3.8) is 0 Å². The molecule has 0 saturated carbocycles. The highest BCUT2D eigenvalue weighted by Gasteiger charge is 2.35. The van der Waals surface area contributed by atoms with Gasteiger partial charge in [0.25, 0.3) is 0 Å². The van der Waals surface area contributed by atoms with Gasteiger partial charge in [0.1, 0.15) is 5.92 Å². The molecule has 0 aliphatic carbocycles. The zero-order chi connectivity index (χ0) is 14.5. The lowest BCUT2D eigenvalue weighted by molar-refractivity contribution is -0.142. The molecule has 2 aliphatic heterocycles. The van der Waals surface area contributed by atoms with Gasteiger partial charge in [0.15, 0.2) is 0 Å². The van der Waals surface area contributed by atoms with Gasteiger partial charge in [-0.3, -0.25) is 4.79 Å². The minimum absolute atomic E-state index is 0.157. The number of hydrogen-bond donors (Lipinski definition) is 2. The fourth-order valence-electron chi connectivity index (χ4n) is 2.61. The lowest BCUT2D eigenvalue weighted by atomic mass is 10.00. The number of carboxylic acids is 1. The van der Waals surface area contributed by atoms with Crippen molar-refractivity contribution in [2.45, 2.75) is 18.9 Å². The lowest BCUT2D eigenvalue weighted by Crippen LogP contribution is -2.49. The molecule has 2 heterocycles. The van der Waals surface area contributed by atoms with E-state index in [1.807, 2.05) is 0 Å². The molecule has 2 amide bonds. The van der Waals surface area contributed by atoms with E-state index in [1.54, 1.807) is 11.9 Å². The zero-order valence-corrected chi connectivity index (χ0v) is 11.7. The highest BCUT2D eigenvalue weighted by atomic mass is 16.5. The second-order valence-electron chi connectivity index (χ2n) is 5.47. The number of rotatable bonds is 4. The topological polar surface area (TPSA) is 88.1 Å². The van der Waals surface area contributed by atoms with Crippen LogP contribution in [-0.2, 0) is 14.3 Å². The monoisotopic (exact) mass is 286 g/mol. The summed E-state index contributed by atoms with van der Waals surface area (Å²) in [5, 5.41) is 11.8. The van der Waals surface area contributed by atoms with Crippen molar-refractivity contribution in [3.8, 4) is 0 Å². The zero-order valence-electron chi connectivity index (χ0n) is 11.7. The van der Waals surface area contributed by atoms with Crippen molar-refractivity contribution in [1.29, 1.82) is 0 Å². The molecule has 0 aromatic heterocycles. The van der Waals surface area contributed by atoms with Crippen LogP contribution in [0.15, 0.2) is 0 Å². The van der Waals surface area contributed by atoms with Crippen LogP contribution in [0.1, 0.15) is 12.8 Å². The average molecular weight is 286 g/mol. The average Bonchev–Trinajstić information content (AvgIpc) is 2.88. The Hall–Kier alpha value is -1.34. The number of ether oxygens (including phenoxy) is 2. The first-order valence-electron chi connectivity index (χ1n) is 6.98. The number of nitrogens with zero attached hydrogens (tertiary/aromatic N) is 1. The van der Waals surface area contributed by atoms with E-state index in [1.165, 1.54) is 0 Å². The SMILES string of the molecule is CN(CC1CCOCC1)C(=O)NC1COCC1C(=O)O. The Bertz CT molecular complexity index is 357. The van der Waals surface area contributed by atoms with Gasteiger partial charge >= 0.3 is 12.0 Å². The molecule has 2 saturated heterocycles. The van der Waals surface area contributed by atoms with E-state index < -0.39 is 17.9 Å². The Kier molecular flexibility index (Phi) is 5.19. The molecule has 2 fully saturated rings. The van der Waals surface area contributed by atoms with Gasteiger partial charge in [-0.2, -0.15) is 0 Å². The third-order valence-corrected chi connectivity index (χ3v) is 3.93. The van der Waals surface area contributed by atoms with Crippen molar-refractivity contribution in [3.05, 3.63) is 0 Å². The molecule has 0 spiro atoms. The summed E-state index contributed by atoms with van der Waals surface area (Å²) in [5.41, 5.74) is 0. The summed E-state index contributed by atoms with van der Waals surface area (Å²) in [6, 6.07) is -0.685. The minimum Gasteiger partial charge on any atom is -0.481 e. The fraction of sp³-hybridized carbons (Fsp3) is 0.846. The van der Waals surface area contributed by atoms with Crippen LogP contribution >= 0.6 is 0 Å². The largest absolute Gasteiger partial charge is 0.481 e. The van der Waals surface area contributed by atoms with E-state index in [4.69, 9.17) is 14.6 Å². The maximum Gasteiger partial charge on any atom is 0.317 e. The summed E-state index contributed by atoms with van der Waals surface area (Å²) in [5.74, 6) is -1.13. The predicted octanol–water partition coefficient (Wildman–Crippen LogP) is 0.154. The maximum absolute atomic E-state index is 12.1. The van der Waals surface area contributed by atoms with E-state index >= 15 is 0 Å². The molecule has 7 heteroatoms. The summed E-state index contributed by atoms with van der Waals surface area (Å²) >= 11 is 0. The molecular formula is C13H22N2O5. The molecular weight excluding hydrogens is 264 g/mol. The molecule has 2 N–H and O–H groups in total. The third-order valence-electron chi connectivity index (χ3n) is 3.93. The molecule has 0 radical (unpaired) electrons. The molecule has 2 atom stereocenters. The first-order valence-corrected chi connectivity index (χ1v) is 6.98. The van der Waals surface area contributed by atoms with E-state index in [-0.39, 0.29) is 19.2 Å². The number of aliphatic carboxylic acids is 1. The lowest BCUT2D eigenvalue weighted by Gasteiger charge is -2.28. The molecule has 20 heavy (non-hydrogen) atoms. The molecule has 2 rings (SSSR count). The maximum atomic E-state index is 12.1. The summed E-state index contributed by atoms with van der Waals surface area (Å²) in [6.07, 6.45) is 1.92. The quantitative estimate of drug-likeness (QED) is 0.768. The molecule has 0 bridgehead atoms. The second-order valence-corrected chi connectivity index (χ2v) is 5.47. The Morgan fingerprint density at radius 1 is 1.25 bits per heavy atom. The number of carboxylic acid groups (broad SMARTS) is 1. The van der Waals surface area contributed by atoms with Crippen LogP contribution in [0.2, 0.25) is 0 Å². The van der Waals surface area contributed by atoms with Crippen molar-refractivity contribution in [1.82, 2.24) is 10.2 Å². The number of carbonyl (C=O) groups excluding carboxylic acids is 1. The Labute approximate surface area is 118 Å². The van der Waals surface area contributed by atoms with E-state index in [0.717, 1.165) is 26.1 Å². The summed E-state index contributed by atoms with van der Waals surface area (Å²) in [6.45, 7) is 2.58. The number of carbonyl (C=O) groups is 2. The third kappa shape index (κ3) is 3.83. The first-order chi connectivity index (χ1) is 9.58. The molecule has 114 valence electrons. The Morgan fingerprint density at radius 2 is 1.95 bits per heavy atom. The molecule has 2 unspecified atom stereocenters. The predicted molar refractivity (Wildman–Crippen MR) is 70.4 cm³/mol. The Morgan fingerprint density at radius 3 is 2.60 bits per heavy atom. The smallest absolute Gasteiger partial charge is 0.317 e. The van der Waals surface area contributed by atoms with E-state index in [9.17, 15) is 9.59 Å². The van der Waals surface area contributed by atoms with Crippen LogP contribution in [0.25, 0.3) is 0 Å². The van der Waals surface area contributed by atoms with Crippen LogP contribution in [0, 0.1) is 11.8 Å². The standard InChI is InChI=1S/C13H22N2O5/c1-15(6-9-2-4-19-5-3-9)13(18)14-11-8-20-7-10(11)12(16)17/h9-11H,2-8H2,1H3,(H,14,18)(H,16,17). The van der Waals surface area contributed by atoms with Gasteiger partial charge in [-0.15, -0.1) is 0 Å². The van der Waals surface area contributed by atoms with E-state index in [0.29, 0.717) is 12.5 Å². The van der Waals surface area contributed by atoms with Gasteiger partial charge in [0.05, 0.1) is 19.3 Å². The first kappa shape index (κ1) is 15.1. The van der Waals surface area contributed by atoms with Gasteiger partial charge in [-0.25, -0.2) is 4.79 Å². The summed E-state index contributed by atoms with van der Waals surface area (Å²) < 4.78 is 10.4. The van der Waals surface area contributed by atoms with Crippen molar-refractivity contribution in [2.75, 3.05) is 40.0 Å². The number of urea groups is 1. The highest BCUT2D eigenvalue weighted by molar-refractivity contribution is 5.77. The van der Waals surface area contributed by atoms with Gasteiger partial charge < -0.3 is 24.8 Å². The fourth-order valence-corrected chi connectivity index (χ4v) is 2.61. The molecule has 0 aromatic carbocycles. The van der Waals surface area contributed by atoms with Crippen molar-refractivity contribution >= 4 is 12.0 Å². The number of amides is 2. The van der Waals surface area contributed by atoms with Gasteiger partial charge in [-0.1, -0.05) is 0 Å². The number of nitrogens with one attached hydrogen (secondary N) is 1. The molecule has 0 aromatic rings. The minimum atomic E-state index is -0.931. The van der Waals surface area contributed by atoms with Gasteiger partial charge in [0.2, 0.25) is 0 Å². The van der Waals surface area contributed by atoms with Crippen molar-refractivity contribution in [2.24, 2.45) is 11.8 Å². The molecule has 2 aliphatic rings. The summed E-state index contributed by atoms with van der Waals surface area (Å²) in [4.78, 5) is 24.7. The van der Waals surface area contributed by atoms with Crippen LogP contribution in [-0.4, -0.2) is 68.1 Å². The van der Waals surface area contributed by atoms with Gasteiger partial charge in [0, 0.05) is 26.8 Å². The molecule has 7 nitrogen and oxygen atoms in total. The second kappa shape index (κ2) is 6.90. The van der Waals surface area contributed by atoms with Crippen LogP contribution in [0.5, 0.6) is 0 Å². The van der Waals surface area contributed by atoms with Gasteiger partial charge in [-0.05, 0) is 18.8 Å². The highest BCUT2D eigenvalue weighted by Crippen LogP contribution is 2.17. The number of hydrogen-bond acceptors (Lipinski definition) is 4. The summed E-state index contributed by atoms with van der Waals surface area (Å²) in [7, 11) is 1.73. The Balaban J connectivity index is 1.79. The van der Waals surface area contributed by atoms with E-state index in [2.05, 4.69) is 5.32 Å². The van der Waals surface area contributed by atoms with Crippen LogP contribution in [0.4, 0.5) is 4.79 Å². The van der Waals surface area contributed by atoms with Crippen molar-refractivity contribution < 1.29 is 24.2 Å².